The first-order valence-electron chi connectivity index (χ1n) is 8.33. The maximum atomic E-state index is 13.0. The van der Waals surface area contributed by atoms with Gasteiger partial charge in [-0.2, -0.15) is 13.2 Å². The first kappa shape index (κ1) is 19.9. The lowest BCUT2D eigenvalue weighted by Crippen LogP contribution is -2.18. The number of anilines is 1. The Kier molecular flexibility index (Phi) is 5.73. The van der Waals surface area contributed by atoms with Gasteiger partial charge < -0.3 is 5.32 Å². The first-order chi connectivity index (χ1) is 13.3. The van der Waals surface area contributed by atoms with Crippen molar-refractivity contribution in [3.05, 3.63) is 65.5 Å². The molecule has 1 amide bonds. The zero-order chi connectivity index (χ0) is 20.3. The molecule has 0 bridgehead atoms. The van der Waals surface area contributed by atoms with E-state index in [2.05, 4.69) is 15.5 Å². The molecule has 0 aliphatic carbocycles. The van der Waals surface area contributed by atoms with Gasteiger partial charge in [0.15, 0.2) is 5.16 Å². The molecule has 0 aliphatic heterocycles. The lowest BCUT2D eigenvalue weighted by atomic mass is 10.1. The number of aromatic nitrogens is 3. The molecule has 3 aromatic rings. The molecule has 0 unspecified atom stereocenters. The van der Waals surface area contributed by atoms with Crippen LogP contribution in [-0.4, -0.2) is 26.4 Å². The summed E-state index contributed by atoms with van der Waals surface area (Å²) in [5.74, 6) is -0.00932. The van der Waals surface area contributed by atoms with E-state index in [1.165, 1.54) is 18.2 Å². The predicted octanol–water partition coefficient (Wildman–Crippen LogP) is 4.63. The maximum absolute atomic E-state index is 13.0. The van der Waals surface area contributed by atoms with Crippen LogP contribution in [0.25, 0.3) is 5.69 Å². The number of thioether (sulfide) groups is 1. The first-order valence-corrected chi connectivity index (χ1v) is 9.32. The molecule has 5 nitrogen and oxygen atoms in total. The molecule has 0 spiro atoms. The fraction of sp³-hybridized carbons (Fsp3) is 0.211. The maximum Gasteiger partial charge on any atom is 0.418 e. The van der Waals surface area contributed by atoms with Crippen molar-refractivity contribution in [1.29, 1.82) is 0 Å². The lowest BCUT2D eigenvalue weighted by molar-refractivity contribution is -0.137. The van der Waals surface area contributed by atoms with Crippen molar-refractivity contribution in [3.8, 4) is 5.69 Å². The van der Waals surface area contributed by atoms with Gasteiger partial charge in [-0.05, 0) is 43.7 Å². The molecule has 9 heteroatoms. The van der Waals surface area contributed by atoms with Gasteiger partial charge in [0.25, 0.3) is 0 Å². The monoisotopic (exact) mass is 406 g/mol. The summed E-state index contributed by atoms with van der Waals surface area (Å²) in [6.45, 7) is 3.75. The van der Waals surface area contributed by atoms with E-state index in [1.807, 2.05) is 31.2 Å². The van der Waals surface area contributed by atoms with Crippen LogP contribution >= 0.6 is 11.8 Å². The number of halogens is 3. The summed E-state index contributed by atoms with van der Waals surface area (Å²) in [7, 11) is 0. The van der Waals surface area contributed by atoms with Gasteiger partial charge in [-0.25, -0.2) is 0 Å². The molecule has 1 N–H and O–H groups in total. The SMILES string of the molecule is Cc1cccc(-n2c(C)nnc2SCC(=O)Nc2ccccc2C(F)(F)F)c1. The molecule has 0 atom stereocenters. The smallest absolute Gasteiger partial charge is 0.325 e. The number of amides is 1. The van der Waals surface area contributed by atoms with Gasteiger partial charge in [-0.3, -0.25) is 9.36 Å². The molecule has 2 aromatic carbocycles. The quantitative estimate of drug-likeness (QED) is 0.628. The van der Waals surface area contributed by atoms with Gasteiger partial charge in [0.1, 0.15) is 5.82 Å². The van der Waals surface area contributed by atoms with Gasteiger partial charge >= 0.3 is 6.18 Å². The van der Waals surface area contributed by atoms with Crippen molar-refractivity contribution in [2.45, 2.75) is 25.2 Å². The molecule has 3 rings (SSSR count). The lowest BCUT2D eigenvalue weighted by Gasteiger charge is -2.13. The minimum Gasteiger partial charge on any atom is -0.325 e. The topological polar surface area (TPSA) is 59.8 Å². The van der Waals surface area contributed by atoms with Crippen LogP contribution in [-0.2, 0) is 11.0 Å². The van der Waals surface area contributed by atoms with E-state index < -0.39 is 17.6 Å². The number of carbonyl (C=O) groups is 1. The molecule has 1 aromatic heterocycles. The number of rotatable bonds is 5. The number of alkyl halides is 3. The van der Waals surface area contributed by atoms with Crippen LogP contribution in [0.4, 0.5) is 18.9 Å². The Balaban J connectivity index is 1.73. The van der Waals surface area contributed by atoms with Crippen LogP contribution in [0.2, 0.25) is 0 Å². The van der Waals surface area contributed by atoms with E-state index in [4.69, 9.17) is 0 Å². The van der Waals surface area contributed by atoms with E-state index in [0.29, 0.717) is 11.0 Å². The van der Waals surface area contributed by atoms with Gasteiger partial charge in [-0.15, -0.1) is 10.2 Å². The number of hydrogen-bond acceptors (Lipinski definition) is 4. The van der Waals surface area contributed by atoms with Crippen molar-refractivity contribution in [3.63, 3.8) is 0 Å². The molecule has 28 heavy (non-hydrogen) atoms. The Hall–Kier alpha value is -2.81. The molecule has 146 valence electrons. The third-order valence-corrected chi connectivity index (χ3v) is 4.82. The molecule has 0 fully saturated rings. The van der Waals surface area contributed by atoms with Crippen LogP contribution in [0.5, 0.6) is 0 Å². The van der Waals surface area contributed by atoms with Gasteiger partial charge in [0.05, 0.1) is 17.0 Å². The van der Waals surface area contributed by atoms with E-state index in [-0.39, 0.29) is 11.4 Å². The summed E-state index contributed by atoms with van der Waals surface area (Å²) in [5, 5.41) is 10.9. The highest BCUT2D eigenvalue weighted by molar-refractivity contribution is 7.99. The van der Waals surface area contributed by atoms with Crippen molar-refractivity contribution in [2.24, 2.45) is 0 Å². The molecule has 0 saturated heterocycles. The van der Waals surface area contributed by atoms with Crippen molar-refractivity contribution in [1.82, 2.24) is 14.8 Å². The molecule has 1 heterocycles. The Morgan fingerprint density at radius 2 is 1.86 bits per heavy atom. The van der Waals surface area contributed by atoms with Crippen molar-refractivity contribution < 1.29 is 18.0 Å². The zero-order valence-corrected chi connectivity index (χ0v) is 15.9. The summed E-state index contributed by atoms with van der Waals surface area (Å²) >= 11 is 1.11. The van der Waals surface area contributed by atoms with Crippen LogP contribution in [0.15, 0.2) is 53.7 Å². The molecule has 0 saturated carbocycles. The predicted molar refractivity (Wildman–Crippen MR) is 102 cm³/mol. The summed E-state index contributed by atoms with van der Waals surface area (Å²) in [6.07, 6.45) is -4.54. The van der Waals surface area contributed by atoms with Crippen LogP contribution in [0, 0.1) is 13.8 Å². The summed E-state index contributed by atoms with van der Waals surface area (Å²) in [4.78, 5) is 12.2. The largest absolute Gasteiger partial charge is 0.418 e. The summed E-state index contributed by atoms with van der Waals surface area (Å²) in [5.41, 5.74) is 0.764. The Morgan fingerprint density at radius 3 is 2.57 bits per heavy atom. The normalized spacial score (nSPS) is 11.5. The highest BCUT2D eigenvalue weighted by atomic mass is 32.2. The highest BCUT2D eigenvalue weighted by Crippen LogP contribution is 2.34. The zero-order valence-electron chi connectivity index (χ0n) is 15.1. The molecule has 0 aliphatic rings. The third kappa shape index (κ3) is 4.53. The van der Waals surface area contributed by atoms with Gasteiger partial charge in [-0.1, -0.05) is 36.0 Å². The average Bonchev–Trinajstić information content (AvgIpc) is 3.00. The number of carbonyl (C=O) groups excluding carboxylic acids is 1. The highest BCUT2D eigenvalue weighted by Gasteiger charge is 2.33. The molecule has 0 radical (unpaired) electrons. The number of aryl methyl sites for hydroxylation is 2. The van der Waals surface area contributed by atoms with Crippen molar-refractivity contribution >= 4 is 23.4 Å². The number of nitrogens with zero attached hydrogens (tertiary/aromatic N) is 3. The average molecular weight is 406 g/mol. The van der Waals surface area contributed by atoms with Crippen molar-refractivity contribution in [2.75, 3.05) is 11.1 Å². The Morgan fingerprint density at radius 1 is 1.11 bits per heavy atom. The summed E-state index contributed by atoms with van der Waals surface area (Å²) < 4.78 is 40.9. The van der Waals surface area contributed by atoms with Crippen LogP contribution in [0.1, 0.15) is 17.0 Å². The minimum absolute atomic E-state index is 0.101. The second-order valence-electron chi connectivity index (χ2n) is 6.08. The fourth-order valence-electron chi connectivity index (χ4n) is 2.66. The number of hydrogen-bond donors (Lipinski definition) is 1. The number of nitrogens with one attached hydrogen (secondary N) is 1. The number of benzene rings is 2. The minimum atomic E-state index is -4.54. The Labute approximate surface area is 164 Å². The van der Waals surface area contributed by atoms with Crippen LogP contribution in [0.3, 0.4) is 0 Å². The molecular formula is C19H17F3N4OS. The van der Waals surface area contributed by atoms with Gasteiger partial charge in [0, 0.05) is 5.69 Å². The Bertz CT molecular complexity index is 1000. The van der Waals surface area contributed by atoms with E-state index >= 15 is 0 Å². The molecular weight excluding hydrogens is 389 g/mol. The van der Waals surface area contributed by atoms with E-state index in [9.17, 15) is 18.0 Å². The van der Waals surface area contributed by atoms with E-state index in [0.717, 1.165) is 29.1 Å². The standard InChI is InChI=1S/C19H17F3N4OS/c1-12-6-5-7-14(10-12)26-13(2)24-25-18(26)28-11-17(27)23-16-9-4-3-8-15(16)19(20,21)22/h3-10H,11H2,1-2H3,(H,23,27). The third-order valence-electron chi connectivity index (χ3n) is 3.89. The number of para-hydroxylation sites is 1. The second kappa shape index (κ2) is 8.05. The fourth-order valence-corrected chi connectivity index (χ4v) is 3.45. The summed E-state index contributed by atoms with van der Waals surface area (Å²) in [6, 6.07) is 12.6. The van der Waals surface area contributed by atoms with E-state index in [1.54, 1.807) is 11.5 Å². The van der Waals surface area contributed by atoms with Crippen LogP contribution < -0.4 is 5.32 Å². The second-order valence-corrected chi connectivity index (χ2v) is 7.03. The van der Waals surface area contributed by atoms with Gasteiger partial charge in [0.2, 0.25) is 5.91 Å².